The summed E-state index contributed by atoms with van der Waals surface area (Å²) in [6, 6.07) is 9.01. The smallest absolute Gasteiger partial charge is 1.00 e. The molecule has 186 valence electrons. The van der Waals surface area contributed by atoms with Crippen LogP contribution in [-0.2, 0) is 27.8 Å². The van der Waals surface area contributed by atoms with Gasteiger partial charge in [0, 0.05) is 12.1 Å². The first-order chi connectivity index (χ1) is 15.4. The van der Waals surface area contributed by atoms with E-state index in [0.717, 1.165) is 18.6 Å². The maximum absolute atomic E-state index is 11.8. The molecule has 0 unspecified atom stereocenters. The Kier molecular flexibility index (Phi) is 17.5. The SMILES string of the molecule is CCCCCCCCCCc1cc[n+](CCOC(=O)Oc2ccc(S(=O)(=O)O)cc2)cc1.[Cl-].[H-].[Na+]. The average Bonchev–Trinajstić information content (AvgIpc) is 2.76. The van der Waals surface area contributed by atoms with Gasteiger partial charge in [-0.2, -0.15) is 8.42 Å². The Morgan fingerprint density at radius 2 is 1.50 bits per heavy atom. The van der Waals surface area contributed by atoms with Crippen LogP contribution >= 0.6 is 0 Å². The van der Waals surface area contributed by atoms with Crippen LogP contribution in [0.25, 0.3) is 0 Å². The third kappa shape index (κ3) is 13.7. The Bertz CT molecular complexity index is 930. The molecule has 0 aliphatic carbocycles. The third-order valence-corrected chi connectivity index (χ3v) is 6.04. The Morgan fingerprint density at radius 1 is 0.941 bits per heavy atom. The first-order valence-corrected chi connectivity index (χ1v) is 12.7. The Hall–Kier alpha value is -1.16. The van der Waals surface area contributed by atoms with Crippen LogP contribution in [0.3, 0.4) is 0 Å². The van der Waals surface area contributed by atoms with Crippen molar-refractivity contribution in [1.29, 1.82) is 0 Å². The van der Waals surface area contributed by atoms with Gasteiger partial charge < -0.3 is 23.3 Å². The molecule has 0 amide bonds. The predicted molar refractivity (Wildman–Crippen MR) is 122 cm³/mol. The largest absolute Gasteiger partial charge is 1.00 e. The van der Waals surface area contributed by atoms with Crippen LogP contribution in [0.4, 0.5) is 4.79 Å². The van der Waals surface area contributed by atoms with Gasteiger partial charge in [-0.25, -0.2) is 9.36 Å². The standard InChI is InChI=1S/C24H33NO6S.ClH.Na.H/c1-2-3-4-5-6-7-8-9-10-21-15-17-25(18-16-21)19-20-30-24(26)31-22-11-13-23(14-12-22)32(27,28)29;;;/h11-18H,2-10,19-20H2,1H3;1H;;/q;;+1;-1. The molecule has 2 aromatic rings. The molecule has 7 nitrogen and oxygen atoms in total. The molecule has 0 atom stereocenters. The number of carbonyl (C=O) groups is 1. The minimum atomic E-state index is -4.28. The van der Waals surface area contributed by atoms with Crippen LogP contribution < -0.4 is 51.3 Å². The first kappa shape index (κ1) is 32.8. The Morgan fingerprint density at radius 3 is 2.06 bits per heavy atom. The number of hydrogen-bond donors (Lipinski definition) is 1. The van der Waals surface area contributed by atoms with Crippen molar-refractivity contribution < 1.29 is 75.2 Å². The van der Waals surface area contributed by atoms with Gasteiger partial charge in [-0.3, -0.25) is 4.55 Å². The molecule has 0 spiro atoms. The molecule has 1 aromatic carbocycles. The molecule has 0 aliphatic heterocycles. The fraction of sp³-hybridized carbons (Fsp3) is 0.500. The van der Waals surface area contributed by atoms with Gasteiger partial charge in [0.05, 0.1) is 4.90 Å². The van der Waals surface area contributed by atoms with Crippen molar-refractivity contribution in [2.45, 2.75) is 76.2 Å². The number of hydrogen-bond acceptors (Lipinski definition) is 5. The molecule has 34 heavy (non-hydrogen) atoms. The Labute approximate surface area is 233 Å². The minimum absolute atomic E-state index is 0. The molecule has 0 saturated carbocycles. The van der Waals surface area contributed by atoms with E-state index in [1.807, 2.05) is 17.0 Å². The molecule has 1 aromatic heterocycles. The van der Waals surface area contributed by atoms with Crippen LogP contribution in [0.1, 0.15) is 65.3 Å². The van der Waals surface area contributed by atoms with Crippen molar-refractivity contribution in [1.82, 2.24) is 0 Å². The number of aromatic nitrogens is 1. The normalized spacial score (nSPS) is 10.6. The fourth-order valence-electron chi connectivity index (χ4n) is 3.31. The molecular formula is C24H35ClNNaO6S. The number of rotatable bonds is 14. The van der Waals surface area contributed by atoms with Crippen molar-refractivity contribution in [3.63, 3.8) is 0 Å². The molecule has 10 heteroatoms. The summed E-state index contributed by atoms with van der Waals surface area (Å²) in [6.45, 7) is 2.88. The molecule has 0 aliphatic rings. The van der Waals surface area contributed by atoms with E-state index in [9.17, 15) is 13.2 Å². The summed E-state index contributed by atoms with van der Waals surface area (Å²) in [6.07, 6.45) is 14.6. The van der Waals surface area contributed by atoms with E-state index in [1.165, 1.54) is 69.1 Å². The number of unbranched alkanes of at least 4 members (excludes halogenated alkanes) is 7. The molecular weight excluding hydrogens is 489 g/mol. The van der Waals surface area contributed by atoms with Gasteiger partial charge in [0.2, 0.25) is 0 Å². The molecule has 2 rings (SSSR count). The van der Waals surface area contributed by atoms with Gasteiger partial charge in [0.1, 0.15) is 5.75 Å². The zero-order chi connectivity index (χ0) is 23.2. The topological polar surface area (TPSA) is 93.8 Å². The molecule has 0 bridgehead atoms. The second kappa shape index (κ2) is 18.2. The van der Waals surface area contributed by atoms with E-state index in [1.54, 1.807) is 0 Å². The number of ether oxygens (including phenoxy) is 2. The molecule has 1 heterocycles. The minimum Gasteiger partial charge on any atom is -1.00 e. The van der Waals surface area contributed by atoms with Gasteiger partial charge >= 0.3 is 35.7 Å². The molecule has 1 N–H and O–H groups in total. The van der Waals surface area contributed by atoms with E-state index < -0.39 is 16.3 Å². The summed E-state index contributed by atoms with van der Waals surface area (Å²) < 4.78 is 42.9. The van der Waals surface area contributed by atoms with Crippen molar-refractivity contribution in [3.05, 3.63) is 54.4 Å². The summed E-state index contributed by atoms with van der Waals surface area (Å²) in [5, 5.41) is 0. The summed E-state index contributed by atoms with van der Waals surface area (Å²) in [5.74, 6) is 0.125. The summed E-state index contributed by atoms with van der Waals surface area (Å²) >= 11 is 0. The predicted octanol–water partition coefficient (Wildman–Crippen LogP) is -0.760. The molecule has 0 saturated heterocycles. The summed E-state index contributed by atoms with van der Waals surface area (Å²) in [4.78, 5) is 11.5. The van der Waals surface area contributed by atoms with Gasteiger partial charge in [0.25, 0.3) is 10.1 Å². The number of pyridine rings is 1. The molecule has 0 radical (unpaired) electrons. The quantitative estimate of drug-likeness (QED) is 0.0874. The van der Waals surface area contributed by atoms with Gasteiger partial charge in [-0.1, -0.05) is 51.9 Å². The average molecular weight is 524 g/mol. The van der Waals surface area contributed by atoms with E-state index in [-0.39, 0.29) is 60.6 Å². The van der Waals surface area contributed by atoms with E-state index in [0.29, 0.717) is 6.54 Å². The van der Waals surface area contributed by atoms with Crippen molar-refractivity contribution in [2.24, 2.45) is 0 Å². The third-order valence-electron chi connectivity index (χ3n) is 5.17. The van der Waals surface area contributed by atoms with Crippen molar-refractivity contribution >= 4 is 16.3 Å². The fourth-order valence-corrected chi connectivity index (χ4v) is 3.79. The van der Waals surface area contributed by atoms with Crippen LogP contribution in [0.5, 0.6) is 5.75 Å². The van der Waals surface area contributed by atoms with Crippen LogP contribution in [0.2, 0.25) is 0 Å². The van der Waals surface area contributed by atoms with Gasteiger partial charge in [-0.05, 0) is 42.7 Å². The number of aryl methyl sites for hydroxylation is 1. The van der Waals surface area contributed by atoms with Crippen LogP contribution in [-0.4, -0.2) is 25.7 Å². The number of carbonyl (C=O) groups excluding carboxylic acids is 1. The van der Waals surface area contributed by atoms with E-state index >= 15 is 0 Å². The maximum Gasteiger partial charge on any atom is 1.00 e. The number of nitrogens with zero attached hydrogens (tertiary/aromatic N) is 1. The number of halogens is 1. The zero-order valence-electron chi connectivity index (χ0n) is 21.1. The van der Waals surface area contributed by atoms with Gasteiger partial charge in [-0.15, -0.1) is 0 Å². The summed E-state index contributed by atoms with van der Waals surface area (Å²) in [7, 11) is -4.28. The van der Waals surface area contributed by atoms with Crippen LogP contribution in [0, 0.1) is 0 Å². The first-order valence-electron chi connectivity index (χ1n) is 11.3. The summed E-state index contributed by atoms with van der Waals surface area (Å²) in [5.41, 5.74) is 1.31. The maximum atomic E-state index is 11.8. The second-order valence-corrected chi connectivity index (χ2v) is 9.24. The Balaban J connectivity index is 0. The number of benzene rings is 1. The zero-order valence-corrected chi connectivity index (χ0v) is 23.7. The van der Waals surface area contributed by atoms with E-state index in [4.69, 9.17) is 14.0 Å². The van der Waals surface area contributed by atoms with Crippen LogP contribution in [0.15, 0.2) is 53.7 Å². The van der Waals surface area contributed by atoms with Crippen molar-refractivity contribution in [3.8, 4) is 5.75 Å². The van der Waals surface area contributed by atoms with Gasteiger partial charge in [0.15, 0.2) is 25.5 Å². The van der Waals surface area contributed by atoms with E-state index in [2.05, 4.69) is 19.1 Å². The van der Waals surface area contributed by atoms with Crippen molar-refractivity contribution in [2.75, 3.05) is 6.61 Å². The molecule has 0 fully saturated rings. The monoisotopic (exact) mass is 523 g/mol. The second-order valence-electron chi connectivity index (χ2n) is 7.82.